The molecule has 1 aliphatic rings. The van der Waals surface area contributed by atoms with E-state index in [2.05, 4.69) is 16.5 Å². The zero-order valence-electron chi connectivity index (χ0n) is 20.8. The number of ether oxygens (including phenoxy) is 1. The van der Waals surface area contributed by atoms with E-state index < -0.39 is 10.0 Å². The average molecular weight is 508 g/mol. The summed E-state index contributed by atoms with van der Waals surface area (Å²) in [6, 6.07) is 11.1. The third-order valence-electron chi connectivity index (χ3n) is 7.03. The number of fused-ring (bicyclic) bond motifs is 1. The van der Waals surface area contributed by atoms with Gasteiger partial charge >= 0.3 is 0 Å². The number of pyridine rings is 1. The number of nitrogens with zero attached hydrogens (tertiary/aromatic N) is 4. The average Bonchev–Trinajstić information content (AvgIpc) is 3.51. The molecule has 0 radical (unpaired) electrons. The van der Waals surface area contributed by atoms with Gasteiger partial charge in [0.05, 0.1) is 17.7 Å². The lowest BCUT2D eigenvalue weighted by Gasteiger charge is -2.29. The van der Waals surface area contributed by atoms with Gasteiger partial charge in [0.15, 0.2) is 5.65 Å². The molecule has 0 atom stereocenters. The van der Waals surface area contributed by atoms with E-state index in [4.69, 9.17) is 9.72 Å². The molecule has 1 saturated carbocycles. The zero-order valence-corrected chi connectivity index (χ0v) is 21.6. The first-order chi connectivity index (χ1) is 17.5. The Bertz CT molecular complexity index is 1420. The Kier molecular flexibility index (Phi) is 7.22. The summed E-state index contributed by atoms with van der Waals surface area (Å²) >= 11 is 0. The second-order valence-corrected chi connectivity index (χ2v) is 11.2. The normalized spacial score (nSPS) is 18.6. The van der Waals surface area contributed by atoms with Crippen LogP contribution in [0.4, 0.5) is 0 Å². The molecule has 4 aromatic rings. The number of aryl methyl sites for hydroxylation is 1. The molecule has 0 aliphatic heterocycles. The summed E-state index contributed by atoms with van der Waals surface area (Å²) in [6.07, 6.45) is 11.6. The smallest absolute Gasteiger partial charge is 0.269 e. The lowest BCUT2D eigenvalue weighted by atomic mass is 9.82. The van der Waals surface area contributed by atoms with Crippen molar-refractivity contribution in [1.29, 1.82) is 0 Å². The molecule has 1 fully saturated rings. The molecule has 9 heteroatoms. The van der Waals surface area contributed by atoms with Gasteiger partial charge in [0.2, 0.25) is 0 Å². The van der Waals surface area contributed by atoms with Crippen molar-refractivity contribution < 1.29 is 13.2 Å². The Morgan fingerprint density at radius 2 is 1.86 bits per heavy atom. The molecule has 8 nitrogen and oxygen atoms in total. The summed E-state index contributed by atoms with van der Waals surface area (Å²) in [5.74, 6) is 0.405. The van der Waals surface area contributed by atoms with Crippen LogP contribution in [0, 0.1) is 0 Å². The fraction of sp³-hybridized carbons (Fsp3) is 0.407. The Morgan fingerprint density at radius 1 is 1.08 bits per heavy atom. The number of nitrogens with one attached hydrogen (secondary N) is 1. The van der Waals surface area contributed by atoms with E-state index in [1.165, 1.54) is 3.97 Å². The monoisotopic (exact) mass is 507 g/mol. The molecule has 1 N–H and O–H groups in total. The van der Waals surface area contributed by atoms with Crippen LogP contribution in [0.15, 0.2) is 66.1 Å². The van der Waals surface area contributed by atoms with Crippen molar-refractivity contribution in [2.45, 2.75) is 49.5 Å². The Labute approximate surface area is 212 Å². The Hall–Kier alpha value is -3.01. The first-order valence-corrected chi connectivity index (χ1v) is 14.0. The van der Waals surface area contributed by atoms with Crippen LogP contribution in [0.25, 0.3) is 22.2 Å². The fourth-order valence-electron chi connectivity index (χ4n) is 5.11. The number of benzene rings is 1. The predicted molar refractivity (Wildman–Crippen MR) is 140 cm³/mol. The molecule has 0 saturated heterocycles. The molecule has 0 amide bonds. The first-order valence-electron chi connectivity index (χ1n) is 12.6. The van der Waals surface area contributed by atoms with Crippen LogP contribution in [-0.4, -0.2) is 53.0 Å². The molecular formula is C27H33N5O3S. The highest BCUT2D eigenvalue weighted by Gasteiger charge is 2.26. The van der Waals surface area contributed by atoms with Gasteiger partial charge in [0, 0.05) is 61.3 Å². The summed E-state index contributed by atoms with van der Waals surface area (Å²) in [4.78, 5) is 4.95. The van der Waals surface area contributed by atoms with Crippen molar-refractivity contribution in [3.05, 3.63) is 66.7 Å². The van der Waals surface area contributed by atoms with E-state index >= 15 is 0 Å². The van der Waals surface area contributed by atoms with Crippen molar-refractivity contribution in [2.24, 2.45) is 7.05 Å². The van der Waals surface area contributed by atoms with Crippen LogP contribution in [-0.2, 0) is 21.8 Å². The third-order valence-corrected chi connectivity index (χ3v) is 8.70. The molecule has 5 rings (SSSR count). The van der Waals surface area contributed by atoms with E-state index in [9.17, 15) is 8.42 Å². The van der Waals surface area contributed by atoms with Gasteiger partial charge in [-0.15, -0.1) is 0 Å². The van der Waals surface area contributed by atoms with Crippen LogP contribution in [0.1, 0.15) is 44.1 Å². The van der Waals surface area contributed by atoms with Crippen molar-refractivity contribution >= 4 is 21.1 Å². The lowest BCUT2D eigenvalue weighted by molar-refractivity contribution is 0.144. The van der Waals surface area contributed by atoms with Crippen LogP contribution in [0.5, 0.6) is 0 Å². The van der Waals surface area contributed by atoms with Crippen molar-refractivity contribution in [1.82, 2.24) is 24.1 Å². The second kappa shape index (κ2) is 10.5. The summed E-state index contributed by atoms with van der Waals surface area (Å²) in [5, 5.41) is 8.74. The van der Waals surface area contributed by atoms with Gasteiger partial charge in [0.1, 0.15) is 0 Å². The van der Waals surface area contributed by atoms with Crippen molar-refractivity contribution in [3.8, 4) is 11.1 Å². The highest BCUT2D eigenvalue weighted by Crippen LogP contribution is 2.37. The molecule has 3 aromatic heterocycles. The lowest BCUT2D eigenvalue weighted by Crippen LogP contribution is -2.35. The first kappa shape index (κ1) is 24.7. The minimum atomic E-state index is -3.80. The van der Waals surface area contributed by atoms with Gasteiger partial charge < -0.3 is 10.1 Å². The molecule has 0 bridgehead atoms. The fourth-order valence-corrected chi connectivity index (χ4v) is 6.45. The summed E-state index contributed by atoms with van der Waals surface area (Å²) in [6.45, 7) is 4.39. The maximum atomic E-state index is 13.5. The molecule has 36 heavy (non-hydrogen) atoms. The standard InChI is InChI=1S/C27H33N5O3S/c1-3-35-14-13-28-23-11-9-20(10-12-23)21-15-25-26(22-17-30-31(2)18-22)19-32(27(25)29-16-21)36(33,34)24-7-5-4-6-8-24/h4-8,15-20,23,28H,3,9-14H2,1-2H3. The van der Waals surface area contributed by atoms with Crippen molar-refractivity contribution in [2.75, 3.05) is 19.8 Å². The summed E-state index contributed by atoms with van der Waals surface area (Å²) in [7, 11) is -1.94. The van der Waals surface area contributed by atoms with Crippen LogP contribution < -0.4 is 5.32 Å². The molecule has 190 valence electrons. The topological polar surface area (TPSA) is 91.0 Å². The SMILES string of the molecule is CCOCCNC1CCC(c2cnc3c(c2)c(-c2cnn(C)c2)cn3S(=O)(=O)c2ccccc2)CC1. The number of aromatic nitrogens is 4. The van der Waals surface area contributed by atoms with Gasteiger partial charge in [-0.3, -0.25) is 4.68 Å². The number of hydrogen-bond acceptors (Lipinski definition) is 6. The van der Waals surface area contributed by atoms with E-state index in [1.807, 2.05) is 32.4 Å². The zero-order chi connectivity index (χ0) is 25.1. The third kappa shape index (κ3) is 4.96. The Morgan fingerprint density at radius 3 is 2.56 bits per heavy atom. The molecule has 0 unspecified atom stereocenters. The second-order valence-electron chi connectivity index (χ2n) is 9.40. The van der Waals surface area contributed by atoms with Crippen molar-refractivity contribution in [3.63, 3.8) is 0 Å². The molecule has 0 spiro atoms. The van der Waals surface area contributed by atoms with Gasteiger partial charge in [-0.25, -0.2) is 17.4 Å². The van der Waals surface area contributed by atoms with Crippen LogP contribution in [0.3, 0.4) is 0 Å². The van der Waals surface area contributed by atoms with Gasteiger partial charge in [-0.2, -0.15) is 5.10 Å². The molecule has 1 aromatic carbocycles. The van der Waals surface area contributed by atoms with Gasteiger partial charge in [-0.1, -0.05) is 18.2 Å². The molecular weight excluding hydrogens is 474 g/mol. The largest absolute Gasteiger partial charge is 0.380 e. The molecule has 3 heterocycles. The highest BCUT2D eigenvalue weighted by molar-refractivity contribution is 7.90. The Balaban J connectivity index is 1.47. The quantitative estimate of drug-likeness (QED) is 0.339. The molecule has 1 aliphatic carbocycles. The van der Waals surface area contributed by atoms with E-state index in [0.717, 1.165) is 67.5 Å². The summed E-state index contributed by atoms with van der Waals surface area (Å²) < 4.78 is 35.5. The van der Waals surface area contributed by atoms with E-state index in [1.54, 1.807) is 41.3 Å². The maximum absolute atomic E-state index is 13.5. The minimum Gasteiger partial charge on any atom is -0.380 e. The number of rotatable bonds is 9. The van der Waals surface area contributed by atoms with Gasteiger partial charge in [-0.05, 0) is 62.3 Å². The summed E-state index contributed by atoms with van der Waals surface area (Å²) in [5.41, 5.74) is 3.28. The van der Waals surface area contributed by atoms with Gasteiger partial charge in [0.25, 0.3) is 10.0 Å². The maximum Gasteiger partial charge on any atom is 0.269 e. The minimum absolute atomic E-state index is 0.237. The van der Waals surface area contributed by atoms with Crippen LogP contribution >= 0.6 is 0 Å². The van der Waals surface area contributed by atoms with Crippen LogP contribution in [0.2, 0.25) is 0 Å². The number of hydrogen-bond donors (Lipinski definition) is 1. The predicted octanol–water partition coefficient (Wildman–Crippen LogP) is 4.33. The van der Waals surface area contributed by atoms with E-state index in [0.29, 0.717) is 17.6 Å². The highest BCUT2D eigenvalue weighted by atomic mass is 32.2. The van der Waals surface area contributed by atoms with E-state index in [-0.39, 0.29) is 4.90 Å².